The minimum atomic E-state index is -3.71. The molecule has 7 nitrogen and oxygen atoms in total. The van der Waals surface area contributed by atoms with Crippen LogP contribution in [0.15, 0.2) is 0 Å². The smallest absolute Gasteiger partial charge is 0.360 e. The number of alkyl halides is 1. The normalized spacial score (nSPS) is 41.6. The van der Waals surface area contributed by atoms with Crippen LogP contribution >= 0.6 is 0 Å². The van der Waals surface area contributed by atoms with Gasteiger partial charge >= 0.3 is 5.92 Å². The van der Waals surface area contributed by atoms with Crippen LogP contribution in [0.25, 0.3) is 0 Å². The highest BCUT2D eigenvalue weighted by atomic mass is 19.2. The molecule has 0 aromatic rings. The van der Waals surface area contributed by atoms with Gasteiger partial charge in [-0.1, -0.05) is 4.39 Å². The van der Waals surface area contributed by atoms with Crippen molar-refractivity contribution in [2.24, 2.45) is 23.7 Å². The summed E-state index contributed by atoms with van der Waals surface area (Å²) in [7, 11) is 0. The number of nitro groups is 2. The van der Waals surface area contributed by atoms with Crippen molar-refractivity contribution in [3.63, 3.8) is 0 Å². The van der Waals surface area contributed by atoms with Gasteiger partial charge in [-0.2, -0.15) is 0 Å². The number of nitrogens with zero attached hydrogens (tertiary/aromatic N) is 2. The lowest BCUT2D eigenvalue weighted by Gasteiger charge is -2.16. The van der Waals surface area contributed by atoms with Gasteiger partial charge in [0.05, 0.1) is 6.10 Å². The van der Waals surface area contributed by atoms with E-state index in [4.69, 9.17) is 4.74 Å². The number of rotatable bonds is 5. The Morgan fingerprint density at radius 2 is 1.76 bits per heavy atom. The molecule has 4 fully saturated rings. The van der Waals surface area contributed by atoms with Gasteiger partial charge in [-0.05, 0) is 36.5 Å². The average Bonchev–Trinajstić information content (AvgIpc) is 2.69. The van der Waals surface area contributed by atoms with Crippen LogP contribution in [0.4, 0.5) is 4.39 Å². The second kappa shape index (κ2) is 3.12. The van der Waals surface area contributed by atoms with Crippen LogP contribution < -0.4 is 0 Å². The molecule has 4 aliphatic carbocycles. The molecule has 0 aromatic carbocycles. The van der Waals surface area contributed by atoms with Crippen LogP contribution in [-0.2, 0) is 4.74 Å². The van der Waals surface area contributed by atoms with E-state index in [-0.39, 0.29) is 6.10 Å². The Bertz CT molecular complexity index is 375. The first-order valence-electron chi connectivity index (χ1n) is 5.54. The fourth-order valence-corrected chi connectivity index (χ4v) is 3.63. The maximum atomic E-state index is 13.4. The van der Waals surface area contributed by atoms with Crippen LogP contribution in [0.5, 0.6) is 0 Å². The van der Waals surface area contributed by atoms with Gasteiger partial charge in [0.1, 0.15) is 9.85 Å². The molecule has 94 valence electrons. The summed E-state index contributed by atoms with van der Waals surface area (Å²) in [5, 5.41) is 20.7. The Morgan fingerprint density at radius 3 is 2.12 bits per heavy atom. The largest absolute Gasteiger partial charge is 0.637 e. The van der Waals surface area contributed by atoms with Crippen molar-refractivity contribution in [3.8, 4) is 0 Å². The highest BCUT2D eigenvalue weighted by molar-refractivity contribution is 5.17. The fourth-order valence-electron chi connectivity index (χ4n) is 3.63. The summed E-state index contributed by atoms with van der Waals surface area (Å²) in [5.74, 6) is -1.80. The number of hydrogen-bond donors (Lipinski definition) is 0. The van der Waals surface area contributed by atoms with Crippen LogP contribution in [-0.4, -0.2) is 28.5 Å². The summed E-state index contributed by atoms with van der Waals surface area (Å²) in [6.07, 6.45) is 1.84. The Labute approximate surface area is 95.2 Å². The van der Waals surface area contributed by atoms with Crippen LogP contribution in [0, 0.1) is 43.9 Å². The van der Waals surface area contributed by atoms with Gasteiger partial charge in [-0.15, -0.1) is 0 Å². The van der Waals surface area contributed by atoms with Gasteiger partial charge < -0.3 is 4.74 Å². The molecule has 0 N–H and O–H groups in total. The molecule has 0 amide bonds. The first kappa shape index (κ1) is 10.8. The maximum absolute atomic E-state index is 13.4. The van der Waals surface area contributed by atoms with Crippen molar-refractivity contribution < 1.29 is 19.0 Å². The van der Waals surface area contributed by atoms with Gasteiger partial charge in [0, 0.05) is 0 Å². The Balaban J connectivity index is 1.64. The zero-order chi connectivity index (χ0) is 12.4. The molecule has 4 saturated carbocycles. The summed E-state index contributed by atoms with van der Waals surface area (Å²) in [5.41, 5.74) is 0. The first-order valence-corrected chi connectivity index (χ1v) is 5.54. The molecule has 4 bridgehead atoms. The lowest BCUT2D eigenvalue weighted by atomic mass is 10.1. The quantitative estimate of drug-likeness (QED) is 0.310. The lowest BCUT2D eigenvalue weighted by molar-refractivity contribution is -0.833. The van der Waals surface area contributed by atoms with E-state index < -0.39 is 22.4 Å². The molecule has 0 spiro atoms. The molecule has 4 aliphatic rings. The van der Waals surface area contributed by atoms with E-state index in [0.29, 0.717) is 23.7 Å². The summed E-state index contributed by atoms with van der Waals surface area (Å²) in [6, 6.07) is 0. The fraction of sp³-hybridized carbons (Fsp3) is 1.00. The highest BCUT2D eigenvalue weighted by Gasteiger charge is 2.70. The predicted molar refractivity (Wildman–Crippen MR) is 50.8 cm³/mol. The van der Waals surface area contributed by atoms with Gasteiger partial charge in [0.15, 0.2) is 0 Å². The minimum absolute atomic E-state index is 0.208. The van der Waals surface area contributed by atoms with Gasteiger partial charge in [0.2, 0.25) is 6.61 Å². The molecule has 0 heterocycles. The summed E-state index contributed by atoms with van der Waals surface area (Å²) in [6.45, 7) is -1.09. The summed E-state index contributed by atoms with van der Waals surface area (Å²) in [4.78, 5) is 17.7. The van der Waals surface area contributed by atoms with Crippen molar-refractivity contribution in [2.75, 3.05) is 6.61 Å². The third-order valence-corrected chi connectivity index (χ3v) is 4.41. The average molecular weight is 246 g/mol. The SMILES string of the molecule is O=[N+]([O-])C(F)(CO[C@@H]1C2CC3C1[C@H]3C2)[N+](=O)[O-]. The van der Waals surface area contributed by atoms with E-state index in [0.717, 1.165) is 12.8 Å². The van der Waals surface area contributed by atoms with E-state index >= 15 is 0 Å². The van der Waals surface area contributed by atoms with Gasteiger partial charge in [-0.25, -0.2) is 0 Å². The van der Waals surface area contributed by atoms with Crippen LogP contribution in [0.2, 0.25) is 0 Å². The standard InChI is InChI=1S/C9H11FN2O5/c10-9(11(13)14,12(15)16)3-17-8-4-1-5-6(2-4)7(5)8/h4-8H,1-3H2/t4?,5-,6?,7?,8+/m0/s1. The van der Waals surface area contributed by atoms with Crippen molar-refractivity contribution in [2.45, 2.75) is 24.9 Å². The molecule has 0 radical (unpaired) electrons. The third kappa shape index (κ3) is 1.30. The van der Waals surface area contributed by atoms with Gasteiger partial charge in [0.25, 0.3) is 0 Å². The molecular weight excluding hydrogens is 235 g/mol. The monoisotopic (exact) mass is 246 g/mol. The Kier molecular flexibility index (Phi) is 1.99. The van der Waals surface area contributed by atoms with Gasteiger partial charge in [-0.3, -0.25) is 20.2 Å². The third-order valence-electron chi connectivity index (χ3n) is 4.41. The summed E-state index contributed by atoms with van der Waals surface area (Å²) < 4.78 is 18.6. The van der Waals surface area contributed by atoms with Crippen LogP contribution in [0.1, 0.15) is 12.8 Å². The van der Waals surface area contributed by atoms with E-state index in [9.17, 15) is 24.6 Å². The molecule has 4 rings (SSSR count). The molecule has 0 saturated heterocycles. The molecule has 8 heteroatoms. The lowest BCUT2D eigenvalue weighted by Crippen LogP contribution is -2.47. The molecule has 17 heavy (non-hydrogen) atoms. The molecule has 0 aliphatic heterocycles. The van der Waals surface area contributed by atoms with E-state index in [1.54, 1.807) is 0 Å². The second-order valence-electron chi connectivity index (χ2n) is 5.15. The maximum Gasteiger partial charge on any atom is 0.637 e. The number of ether oxygens (including phenoxy) is 1. The van der Waals surface area contributed by atoms with Crippen molar-refractivity contribution in [3.05, 3.63) is 20.2 Å². The predicted octanol–water partition coefficient (Wildman–Crippen LogP) is 0.834. The first-order chi connectivity index (χ1) is 7.95. The molecule has 5 atom stereocenters. The Hall–Kier alpha value is -1.31. The molecule has 0 aromatic heterocycles. The second-order valence-corrected chi connectivity index (χ2v) is 5.15. The number of halogens is 1. The minimum Gasteiger partial charge on any atom is -0.360 e. The van der Waals surface area contributed by atoms with Crippen LogP contribution in [0.3, 0.4) is 0 Å². The topological polar surface area (TPSA) is 95.5 Å². The summed E-state index contributed by atoms with van der Waals surface area (Å²) >= 11 is 0. The number of hydrogen-bond acceptors (Lipinski definition) is 5. The van der Waals surface area contributed by atoms with Crippen molar-refractivity contribution in [1.29, 1.82) is 0 Å². The molecule has 3 unspecified atom stereocenters. The van der Waals surface area contributed by atoms with E-state index in [1.165, 1.54) is 0 Å². The highest BCUT2D eigenvalue weighted by Crippen LogP contribution is 2.71. The van der Waals surface area contributed by atoms with E-state index in [2.05, 4.69) is 0 Å². The zero-order valence-corrected chi connectivity index (χ0v) is 8.82. The molecular formula is C9H11FN2O5. The zero-order valence-electron chi connectivity index (χ0n) is 8.82. The van der Waals surface area contributed by atoms with Crippen molar-refractivity contribution in [1.82, 2.24) is 0 Å². The Morgan fingerprint density at radius 1 is 1.24 bits per heavy atom. The van der Waals surface area contributed by atoms with Crippen molar-refractivity contribution >= 4 is 0 Å². The van der Waals surface area contributed by atoms with E-state index in [1.807, 2.05) is 0 Å².